The summed E-state index contributed by atoms with van der Waals surface area (Å²) in [4.78, 5) is 0. The van der Waals surface area contributed by atoms with Crippen molar-refractivity contribution < 1.29 is 18.9 Å². The van der Waals surface area contributed by atoms with Gasteiger partial charge in [0.2, 0.25) is 0 Å². The van der Waals surface area contributed by atoms with E-state index in [9.17, 15) is 0 Å². The van der Waals surface area contributed by atoms with E-state index in [4.69, 9.17) is 18.9 Å². The zero-order valence-corrected chi connectivity index (χ0v) is 16.6. The Kier molecular flexibility index (Phi) is 4.95. The van der Waals surface area contributed by atoms with E-state index in [0.717, 1.165) is 29.2 Å². The van der Waals surface area contributed by atoms with Gasteiger partial charge >= 0.3 is 0 Å². The van der Waals surface area contributed by atoms with Gasteiger partial charge in [-0.1, -0.05) is 32.0 Å². The average molecular weight is 419 g/mol. The summed E-state index contributed by atoms with van der Waals surface area (Å²) in [5.41, 5.74) is 2.33. The van der Waals surface area contributed by atoms with Crippen LogP contribution in [0.1, 0.15) is 25.0 Å². The molecule has 0 spiro atoms. The lowest BCUT2D eigenvalue weighted by Gasteiger charge is -2.27. The van der Waals surface area contributed by atoms with E-state index in [1.165, 1.54) is 11.1 Å². The normalized spacial score (nSPS) is 21.3. The number of rotatable bonds is 8. The average Bonchev–Trinajstić information content (AvgIpc) is 3.54. The van der Waals surface area contributed by atoms with Crippen molar-refractivity contribution in [3.05, 3.63) is 58.1 Å². The molecule has 0 aliphatic carbocycles. The zero-order valence-electron chi connectivity index (χ0n) is 15.0. The standard InChI is InChI=1S/C21H23BrO4/c1-21(2,14-3-6-16(7-4-14)23-10-17-11-24-17)15-5-8-20(19(22)9-15)26-13-18-12-25-18/h3-9,17-18H,10-13H2,1-2H3. The number of hydrogen-bond acceptors (Lipinski definition) is 4. The molecule has 0 N–H and O–H groups in total. The molecule has 2 aliphatic heterocycles. The minimum absolute atomic E-state index is 0.126. The van der Waals surface area contributed by atoms with Crippen molar-refractivity contribution >= 4 is 15.9 Å². The second-order valence-electron chi connectivity index (χ2n) is 7.33. The fourth-order valence-electron chi connectivity index (χ4n) is 2.84. The summed E-state index contributed by atoms with van der Waals surface area (Å²) in [6.07, 6.45) is 0.529. The Hall–Kier alpha value is -1.56. The second-order valence-corrected chi connectivity index (χ2v) is 8.18. The number of halogens is 1. The van der Waals surface area contributed by atoms with Crippen LogP contribution >= 0.6 is 15.9 Å². The van der Waals surface area contributed by atoms with E-state index in [0.29, 0.717) is 13.2 Å². The molecule has 138 valence electrons. The molecule has 0 aromatic heterocycles. The first kappa shape index (κ1) is 17.8. The van der Waals surface area contributed by atoms with Crippen LogP contribution in [-0.2, 0) is 14.9 Å². The highest BCUT2D eigenvalue weighted by Crippen LogP contribution is 2.36. The summed E-state index contributed by atoms with van der Waals surface area (Å²) < 4.78 is 22.9. The van der Waals surface area contributed by atoms with Crippen LogP contribution in [0, 0.1) is 0 Å². The number of benzene rings is 2. The first-order valence-electron chi connectivity index (χ1n) is 8.92. The van der Waals surface area contributed by atoms with Crippen LogP contribution in [0.25, 0.3) is 0 Å². The maximum atomic E-state index is 5.80. The summed E-state index contributed by atoms with van der Waals surface area (Å²) in [5.74, 6) is 1.73. The van der Waals surface area contributed by atoms with Crippen molar-refractivity contribution in [1.82, 2.24) is 0 Å². The van der Waals surface area contributed by atoms with Crippen molar-refractivity contribution in [3.63, 3.8) is 0 Å². The molecule has 5 heteroatoms. The maximum Gasteiger partial charge on any atom is 0.133 e. The third-order valence-electron chi connectivity index (χ3n) is 4.89. The van der Waals surface area contributed by atoms with Gasteiger partial charge in [0.15, 0.2) is 0 Å². The smallest absolute Gasteiger partial charge is 0.133 e. The first-order valence-corrected chi connectivity index (χ1v) is 9.71. The molecule has 2 aliphatic rings. The highest BCUT2D eigenvalue weighted by molar-refractivity contribution is 9.10. The monoisotopic (exact) mass is 418 g/mol. The molecule has 0 amide bonds. The Morgan fingerprint density at radius 2 is 1.50 bits per heavy atom. The van der Waals surface area contributed by atoms with Crippen LogP contribution < -0.4 is 9.47 Å². The Bertz CT molecular complexity index is 764. The molecular weight excluding hydrogens is 396 g/mol. The molecule has 2 aromatic carbocycles. The predicted molar refractivity (Wildman–Crippen MR) is 103 cm³/mol. The lowest BCUT2D eigenvalue weighted by atomic mass is 9.78. The molecule has 0 bridgehead atoms. The van der Waals surface area contributed by atoms with Crippen LogP contribution in [0.4, 0.5) is 0 Å². The molecular formula is C21H23BrO4. The van der Waals surface area contributed by atoms with E-state index < -0.39 is 0 Å². The third kappa shape index (κ3) is 4.22. The van der Waals surface area contributed by atoms with Crippen molar-refractivity contribution in [3.8, 4) is 11.5 Å². The van der Waals surface area contributed by atoms with Gasteiger partial charge in [-0.3, -0.25) is 0 Å². The Morgan fingerprint density at radius 3 is 2.08 bits per heavy atom. The van der Waals surface area contributed by atoms with Gasteiger partial charge in [0, 0.05) is 5.41 Å². The molecule has 0 saturated carbocycles. The van der Waals surface area contributed by atoms with Crippen LogP contribution in [0.5, 0.6) is 11.5 Å². The van der Waals surface area contributed by atoms with Crippen molar-refractivity contribution in [2.24, 2.45) is 0 Å². The molecule has 2 saturated heterocycles. The van der Waals surface area contributed by atoms with E-state index in [1.54, 1.807) is 0 Å². The van der Waals surface area contributed by atoms with Crippen molar-refractivity contribution in [2.75, 3.05) is 26.4 Å². The molecule has 2 unspecified atom stereocenters. The summed E-state index contributed by atoms with van der Waals surface area (Å²) in [6.45, 7) is 7.30. The van der Waals surface area contributed by atoms with Crippen LogP contribution in [0.15, 0.2) is 46.9 Å². The van der Waals surface area contributed by atoms with E-state index in [-0.39, 0.29) is 17.6 Å². The van der Waals surface area contributed by atoms with E-state index >= 15 is 0 Å². The van der Waals surface area contributed by atoms with Gasteiger partial charge in [-0.05, 0) is 51.3 Å². The lowest BCUT2D eigenvalue weighted by Crippen LogP contribution is -2.19. The molecule has 26 heavy (non-hydrogen) atoms. The topological polar surface area (TPSA) is 43.5 Å². The minimum Gasteiger partial charge on any atom is -0.491 e. The summed E-state index contributed by atoms with van der Waals surface area (Å²) in [6, 6.07) is 14.6. The van der Waals surface area contributed by atoms with Crippen LogP contribution in [0.2, 0.25) is 0 Å². The number of epoxide rings is 2. The minimum atomic E-state index is -0.126. The van der Waals surface area contributed by atoms with Crippen molar-refractivity contribution in [1.29, 1.82) is 0 Å². The SMILES string of the molecule is CC(C)(c1ccc(OCC2CO2)cc1)c1ccc(OCC2CO2)c(Br)c1. The molecule has 4 rings (SSSR count). The maximum absolute atomic E-state index is 5.80. The largest absolute Gasteiger partial charge is 0.491 e. The lowest BCUT2D eigenvalue weighted by molar-refractivity contribution is 0.261. The highest BCUT2D eigenvalue weighted by Gasteiger charge is 2.26. The zero-order chi connectivity index (χ0) is 18.1. The van der Waals surface area contributed by atoms with E-state index in [1.807, 2.05) is 18.2 Å². The fraction of sp³-hybridized carbons (Fsp3) is 0.429. The van der Waals surface area contributed by atoms with E-state index in [2.05, 4.69) is 54.0 Å². The molecule has 2 atom stereocenters. The fourth-order valence-corrected chi connectivity index (χ4v) is 3.33. The Balaban J connectivity index is 1.46. The van der Waals surface area contributed by atoms with Gasteiger partial charge in [-0.2, -0.15) is 0 Å². The summed E-state index contributed by atoms with van der Waals surface area (Å²) in [7, 11) is 0. The first-order chi connectivity index (χ1) is 12.5. The number of hydrogen-bond donors (Lipinski definition) is 0. The molecule has 4 nitrogen and oxygen atoms in total. The van der Waals surface area contributed by atoms with Gasteiger partial charge < -0.3 is 18.9 Å². The van der Waals surface area contributed by atoms with Crippen molar-refractivity contribution in [2.45, 2.75) is 31.5 Å². The summed E-state index contributed by atoms with van der Waals surface area (Å²) in [5, 5.41) is 0. The predicted octanol–water partition coefficient (Wildman–Crippen LogP) is 4.33. The molecule has 2 heterocycles. The van der Waals surface area contributed by atoms with Gasteiger partial charge in [-0.25, -0.2) is 0 Å². The van der Waals surface area contributed by atoms with Gasteiger partial charge in [-0.15, -0.1) is 0 Å². The molecule has 2 aromatic rings. The highest BCUT2D eigenvalue weighted by atomic mass is 79.9. The molecule has 2 fully saturated rings. The van der Waals surface area contributed by atoms with Crippen LogP contribution in [0.3, 0.4) is 0 Å². The van der Waals surface area contributed by atoms with Crippen LogP contribution in [-0.4, -0.2) is 38.6 Å². The Morgan fingerprint density at radius 1 is 0.923 bits per heavy atom. The second kappa shape index (κ2) is 7.22. The van der Waals surface area contributed by atoms with Gasteiger partial charge in [0.05, 0.1) is 17.7 Å². The third-order valence-corrected chi connectivity index (χ3v) is 5.51. The summed E-state index contributed by atoms with van der Waals surface area (Å²) >= 11 is 3.64. The van der Waals surface area contributed by atoms with Gasteiger partial charge in [0.1, 0.15) is 36.9 Å². The molecule has 0 radical (unpaired) electrons. The number of ether oxygens (including phenoxy) is 4. The quantitative estimate of drug-likeness (QED) is 0.598. The van der Waals surface area contributed by atoms with Gasteiger partial charge in [0.25, 0.3) is 0 Å². The Labute approximate surface area is 162 Å².